The second-order valence-electron chi connectivity index (χ2n) is 3.69. The van der Waals surface area contributed by atoms with Gasteiger partial charge in [-0.3, -0.25) is 9.89 Å². The zero-order valence-electron chi connectivity index (χ0n) is 9.48. The number of nitrogen functional groups attached to an aromatic ring is 1. The number of imidazole rings is 1. The molecule has 2 aromatic heterocycles. The molecule has 8 nitrogen and oxygen atoms in total. The predicted molar refractivity (Wildman–Crippen MR) is 60.0 cm³/mol. The summed E-state index contributed by atoms with van der Waals surface area (Å²) in [7, 11) is 0. The Hall–Kier alpha value is -2.38. The lowest BCUT2D eigenvalue weighted by atomic mass is 10.3. The summed E-state index contributed by atoms with van der Waals surface area (Å²) in [5, 5.41) is 9.04. The summed E-state index contributed by atoms with van der Waals surface area (Å²) in [4.78, 5) is 22.5. The molecule has 8 heteroatoms. The first-order valence-electron chi connectivity index (χ1n) is 5.06. The van der Waals surface area contributed by atoms with Crippen LogP contribution in [0.4, 0.5) is 5.95 Å². The van der Waals surface area contributed by atoms with Gasteiger partial charge in [-0.2, -0.15) is 4.98 Å². The van der Waals surface area contributed by atoms with E-state index in [1.165, 1.54) is 0 Å². The average molecular weight is 235 g/mol. The van der Waals surface area contributed by atoms with Crippen molar-refractivity contribution in [2.24, 2.45) is 0 Å². The highest BCUT2D eigenvalue weighted by molar-refractivity contribution is 5.90. The molecule has 1 atom stereocenters. The number of hydrogen-bond acceptors (Lipinski definition) is 5. The van der Waals surface area contributed by atoms with Crippen molar-refractivity contribution in [3.05, 3.63) is 23.5 Å². The molecule has 0 radical (unpaired) electrons. The largest absolute Gasteiger partial charge is 0.367 e. The lowest BCUT2D eigenvalue weighted by Crippen LogP contribution is -2.28. The van der Waals surface area contributed by atoms with Crippen LogP contribution in [0, 0.1) is 6.92 Å². The third-order valence-corrected chi connectivity index (χ3v) is 2.20. The molecule has 0 spiro atoms. The van der Waals surface area contributed by atoms with Crippen LogP contribution in [0.15, 0.2) is 6.20 Å². The zero-order chi connectivity index (χ0) is 12.4. The van der Waals surface area contributed by atoms with Gasteiger partial charge in [0.15, 0.2) is 5.82 Å². The van der Waals surface area contributed by atoms with Crippen molar-refractivity contribution >= 4 is 11.9 Å². The van der Waals surface area contributed by atoms with Gasteiger partial charge >= 0.3 is 0 Å². The zero-order valence-corrected chi connectivity index (χ0v) is 9.48. The average Bonchev–Trinajstić information content (AvgIpc) is 2.87. The minimum Gasteiger partial charge on any atom is -0.367 e. The van der Waals surface area contributed by atoms with Gasteiger partial charge in [0.1, 0.15) is 5.82 Å². The molecule has 5 N–H and O–H groups in total. The van der Waals surface area contributed by atoms with Crippen molar-refractivity contribution in [1.29, 1.82) is 0 Å². The van der Waals surface area contributed by atoms with Gasteiger partial charge in [-0.1, -0.05) is 0 Å². The smallest absolute Gasteiger partial charge is 0.287 e. The van der Waals surface area contributed by atoms with Crippen molar-refractivity contribution in [1.82, 2.24) is 30.5 Å². The second kappa shape index (κ2) is 4.24. The van der Waals surface area contributed by atoms with Crippen LogP contribution in [0.3, 0.4) is 0 Å². The van der Waals surface area contributed by atoms with E-state index in [-0.39, 0.29) is 23.7 Å². The van der Waals surface area contributed by atoms with E-state index in [0.717, 1.165) is 5.69 Å². The number of carbonyl (C=O) groups is 1. The van der Waals surface area contributed by atoms with E-state index in [1.807, 2.05) is 6.92 Å². The van der Waals surface area contributed by atoms with Crippen molar-refractivity contribution in [3.63, 3.8) is 0 Å². The van der Waals surface area contributed by atoms with Gasteiger partial charge in [-0.15, -0.1) is 5.10 Å². The van der Waals surface area contributed by atoms with Crippen molar-refractivity contribution in [2.75, 3.05) is 5.73 Å². The van der Waals surface area contributed by atoms with Crippen molar-refractivity contribution in [2.45, 2.75) is 19.9 Å². The molecule has 0 fully saturated rings. The number of H-pyrrole nitrogens is 2. The molecule has 0 aliphatic carbocycles. The fraction of sp³-hybridized carbons (Fsp3) is 0.333. The molecule has 0 aromatic carbocycles. The Bertz CT molecular complexity index is 529. The Labute approximate surface area is 97.0 Å². The van der Waals surface area contributed by atoms with E-state index in [4.69, 9.17) is 5.73 Å². The number of aryl methyl sites for hydroxylation is 1. The Morgan fingerprint density at radius 1 is 1.59 bits per heavy atom. The second-order valence-corrected chi connectivity index (χ2v) is 3.69. The first-order valence-corrected chi connectivity index (χ1v) is 5.06. The Morgan fingerprint density at radius 2 is 2.35 bits per heavy atom. The van der Waals surface area contributed by atoms with E-state index in [2.05, 4.69) is 30.5 Å². The maximum absolute atomic E-state index is 11.8. The van der Waals surface area contributed by atoms with E-state index >= 15 is 0 Å². The number of nitrogens with zero attached hydrogens (tertiary/aromatic N) is 3. The number of aromatic amines is 2. The maximum Gasteiger partial charge on any atom is 0.287 e. The van der Waals surface area contributed by atoms with Gasteiger partial charge in [0, 0.05) is 11.9 Å². The van der Waals surface area contributed by atoms with Gasteiger partial charge in [0.2, 0.25) is 5.95 Å². The minimum atomic E-state index is -0.322. The number of hydrogen-bond donors (Lipinski definition) is 4. The highest BCUT2D eigenvalue weighted by atomic mass is 16.2. The molecule has 2 rings (SSSR count). The van der Waals surface area contributed by atoms with E-state index in [9.17, 15) is 4.79 Å². The third-order valence-electron chi connectivity index (χ3n) is 2.20. The summed E-state index contributed by atoms with van der Waals surface area (Å²) in [5.41, 5.74) is 6.20. The normalized spacial score (nSPS) is 12.4. The molecule has 0 bridgehead atoms. The number of amides is 1. The van der Waals surface area contributed by atoms with Crippen molar-refractivity contribution in [3.8, 4) is 0 Å². The van der Waals surface area contributed by atoms with Crippen LogP contribution >= 0.6 is 0 Å². The summed E-state index contributed by atoms with van der Waals surface area (Å²) in [6.45, 7) is 3.60. The van der Waals surface area contributed by atoms with Gasteiger partial charge in [0.05, 0.1) is 6.04 Å². The van der Waals surface area contributed by atoms with Crippen LogP contribution in [0.25, 0.3) is 0 Å². The number of nitrogens with two attached hydrogens (primary N) is 1. The molecular weight excluding hydrogens is 222 g/mol. The number of rotatable bonds is 3. The van der Waals surface area contributed by atoms with Gasteiger partial charge in [-0.05, 0) is 13.8 Å². The number of carbonyl (C=O) groups excluding carboxylic acids is 1. The van der Waals surface area contributed by atoms with Gasteiger partial charge in [-0.25, -0.2) is 4.98 Å². The van der Waals surface area contributed by atoms with E-state index < -0.39 is 0 Å². The van der Waals surface area contributed by atoms with Crippen LogP contribution < -0.4 is 11.1 Å². The fourth-order valence-corrected chi connectivity index (χ4v) is 1.34. The van der Waals surface area contributed by atoms with Crippen LogP contribution in [-0.2, 0) is 0 Å². The van der Waals surface area contributed by atoms with Crippen LogP contribution in [-0.4, -0.2) is 31.1 Å². The molecule has 0 aliphatic heterocycles. The van der Waals surface area contributed by atoms with Crippen LogP contribution in [0.2, 0.25) is 0 Å². The molecular formula is C9H13N7O. The van der Waals surface area contributed by atoms with Crippen LogP contribution in [0.5, 0.6) is 0 Å². The summed E-state index contributed by atoms with van der Waals surface area (Å²) in [6.07, 6.45) is 1.59. The predicted octanol–water partition coefficient (Wildman–Crippen LogP) is -0.0906. The summed E-state index contributed by atoms with van der Waals surface area (Å²) in [6, 6.07) is -0.322. The summed E-state index contributed by atoms with van der Waals surface area (Å²) >= 11 is 0. The topological polar surface area (TPSA) is 125 Å². The lowest BCUT2D eigenvalue weighted by Gasteiger charge is -2.09. The number of anilines is 1. The molecule has 1 amide bonds. The summed E-state index contributed by atoms with van der Waals surface area (Å²) < 4.78 is 0. The molecule has 17 heavy (non-hydrogen) atoms. The minimum absolute atomic E-state index is 0.148. The number of aromatic nitrogens is 5. The monoisotopic (exact) mass is 235 g/mol. The quantitative estimate of drug-likeness (QED) is 0.591. The first kappa shape index (κ1) is 11.1. The molecule has 2 aromatic rings. The highest BCUT2D eigenvalue weighted by Gasteiger charge is 2.16. The Morgan fingerprint density at radius 3 is 2.88 bits per heavy atom. The highest BCUT2D eigenvalue weighted by Crippen LogP contribution is 2.07. The molecule has 90 valence electrons. The van der Waals surface area contributed by atoms with Gasteiger partial charge in [0.25, 0.3) is 5.91 Å². The third kappa shape index (κ3) is 2.41. The molecule has 1 unspecified atom stereocenters. The Balaban J connectivity index is 2.04. The maximum atomic E-state index is 11.8. The van der Waals surface area contributed by atoms with Crippen molar-refractivity contribution < 1.29 is 4.79 Å². The van der Waals surface area contributed by atoms with Crippen LogP contribution in [0.1, 0.15) is 35.1 Å². The van der Waals surface area contributed by atoms with Gasteiger partial charge < -0.3 is 16.0 Å². The fourth-order valence-electron chi connectivity index (χ4n) is 1.34. The standard InChI is InChI=1S/C9H13N7O/c1-4-3-11-7(12-4)8(17)13-5(2)6-14-9(10)16-15-6/h3,5H,1-2H3,(H,11,12)(H,13,17)(H3,10,14,15,16). The first-order chi connectivity index (χ1) is 8.06. The molecule has 0 saturated carbocycles. The Kier molecular flexibility index (Phi) is 2.77. The molecule has 0 saturated heterocycles. The SMILES string of the molecule is Cc1cnc(C(=O)NC(C)c2nc(N)n[nH]2)[nH]1. The van der Waals surface area contributed by atoms with E-state index in [1.54, 1.807) is 13.1 Å². The van der Waals surface area contributed by atoms with E-state index in [0.29, 0.717) is 5.82 Å². The summed E-state index contributed by atoms with van der Waals surface area (Å²) in [5.74, 6) is 0.608. The lowest BCUT2D eigenvalue weighted by molar-refractivity contribution is 0.0928. The number of nitrogens with one attached hydrogen (secondary N) is 3. The molecule has 2 heterocycles. The molecule has 0 aliphatic rings.